The van der Waals surface area contributed by atoms with Gasteiger partial charge in [-0.2, -0.15) is 0 Å². The Kier molecular flexibility index (Phi) is 6.13. The summed E-state index contributed by atoms with van der Waals surface area (Å²) in [5.74, 6) is -1.06. The number of carbonyl (C=O) groups excluding carboxylic acids is 2. The van der Waals surface area contributed by atoms with Crippen molar-refractivity contribution < 1.29 is 18.0 Å². The summed E-state index contributed by atoms with van der Waals surface area (Å²) in [7, 11) is -4.06. The minimum atomic E-state index is -4.06. The van der Waals surface area contributed by atoms with Crippen LogP contribution in [0.25, 0.3) is 0 Å². The summed E-state index contributed by atoms with van der Waals surface area (Å²) in [5, 5.41) is 4.94. The summed E-state index contributed by atoms with van der Waals surface area (Å²) in [6, 6.07) is 13.0. The van der Waals surface area contributed by atoms with Crippen LogP contribution >= 0.6 is 11.6 Å². The molecule has 0 aliphatic carbocycles. The first-order chi connectivity index (χ1) is 11.8. The Morgan fingerprint density at radius 1 is 1.04 bits per heavy atom. The van der Waals surface area contributed by atoms with E-state index in [2.05, 4.69) is 10.9 Å². The van der Waals surface area contributed by atoms with E-state index < -0.39 is 15.9 Å². The Labute approximate surface area is 150 Å². The predicted octanol–water partition coefficient (Wildman–Crippen LogP) is 1.38. The molecule has 132 valence electrons. The van der Waals surface area contributed by atoms with E-state index in [1.54, 1.807) is 0 Å². The van der Waals surface area contributed by atoms with Crippen LogP contribution in [0.5, 0.6) is 0 Å². The molecule has 7 nitrogen and oxygen atoms in total. The molecule has 0 unspecified atom stereocenters. The molecule has 0 saturated heterocycles. The van der Waals surface area contributed by atoms with Crippen molar-refractivity contribution >= 4 is 33.4 Å². The van der Waals surface area contributed by atoms with Crippen molar-refractivity contribution in [1.82, 2.24) is 10.9 Å². The van der Waals surface area contributed by atoms with E-state index in [1.165, 1.54) is 12.1 Å². The van der Waals surface area contributed by atoms with Gasteiger partial charge in [0.15, 0.2) is 0 Å². The minimum Gasteiger partial charge on any atom is -0.273 e. The lowest BCUT2D eigenvalue weighted by Crippen LogP contribution is -2.41. The molecule has 2 rings (SSSR count). The van der Waals surface area contributed by atoms with E-state index in [1.807, 2.05) is 30.3 Å². The van der Waals surface area contributed by atoms with Crippen molar-refractivity contribution in [3.05, 3.63) is 64.7 Å². The summed E-state index contributed by atoms with van der Waals surface area (Å²) >= 11 is 5.75. The Morgan fingerprint density at radius 3 is 2.36 bits per heavy atom. The fourth-order valence-electron chi connectivity index (χ4n) is 2.03. The van der Waals surface area contributed by atoms with Gasteiger partial charge in [-0.05, 0) is 30.2 Å². The van der Waals surface area contributed by atoms with Crippen LogP contribution in [-0.2, 0) is 21.2 Å². The van der Waals surface area contributed by atoms with E-state index in [0.717, 1.165) is 11.6 Å². The molecule has 4 N–H and O–H groups in total. The molecule has 0 atom stereocenters. The summed E-state index contributed by atoms with van der Waals surface area (Å²) in [4.78, 5) is 23.4. The van der Waals surface area contributed by atoms with Crippen molar-refractivity contribution in [2.75, 3.05) is 0 Å². The Bertz CT molecular complexity index is 886. The van der Waals surface area contributed by atoms with Gasteiger partial charge in [-0.1, -0.05) is 41.9 Å². The maximum absolute atomic E-state index is 12.0. The number of benzene rings is 2. The molecule has 0 spiro atoms. The second kappa shape index (κ2) is 8.11. The summed E-state index contributed by atoms with van der Waals surface area (Å²) < 4.78 is 22.8. The predicted molar refractivity (Wildman–Crippen MR) is 93.2 cm³/mol. The van der Waals surface area contributed by atoms with Gasteiger partial charge in [0.1, 0.15) is 4.90 Å². The lowest BCUT2D eigenvalue weighted by Gasteiger charge is -2.09. The molecule has 2 aromatic carbocycles. The van der Waals surface area contributed by atoms with E-state index in [-0.39, 0.29) is 27.8 Å². The zero-order valence-corrected chi connectivity index (χ0v) is 14.6. The van der Waals surface area contributed by atoms with Crippen molar-refractivity contribution in [3.63, 3.8) is 0 Å². The lowest BCUT2D eigenvalue weighted by molar-refractivity contribution is -0.121. The topological polar surface area (TPSA) is 118 Å². The SMILES string of the molecule is NS(=O)(=O)c1cc(C(=O)NNC(=O)CCc2ccccc2)ccc1Cl. The van der Waals surface area contributed by atoms with Crippen LogP contribution in [0, 0.1) is 0 Å². The number of nitrogens with one attached hydrogen (secondary N) is 2. The Hall–Kier alpha value is -2.42. The second-order valence-corrected chi connectivity index (χ2v) is 7.12. The van der Waals surface area contributed by atoms with E-state index in [4.69, 9.17) is 16.7 Å². The number of amides is 2. The molecule has 0 heterocycles. The summed E-state index contributed by atoms with van der Waals surface area (Å²) in [6.45, 7) is 0. The average Bonchev–Trinajstić information content (AvgIpc) is 2.58. The molecule has 2 aromatic rings. The third kappa shape index (κ3) is 5.56. The first-order valence-corrected chi connectivity index (χ1v) is 9.15. The highest BCUT2D eigenvalue weighted by molar-refractivity contribution is 7.89. The smallest absolute Gasteiger partial charge is 0.269 e. The molecule has 0 aliphatic heterocycles. The molecular formula is C16H16ClN3O4S. The zero-order chi connectivity index (χ0) is 18.4. The van der Waals surface area contributed by atoms with Crippen molar-refractivity contribution in [2.45, 2.75) is 17.7 Å². The van der Waals surface area contributed by atoms with Gasteiger partial charge in [-0.25, -0.2) is 13.6 Å². The van der Waals surface area contributed by atoms with Crippen molar-refractivity contribution in [3.8, 4) is 0 Å². The lowest BCUT2D eigenvalue weighted by atomic mass is 10.1. The number of nitrogens with two attached hydrogens (primary N) is 1. The first kappa shape index (κ1) is 18.9. The fraction of sp³-hybridized carbons (Fsp3) is 0.125. The van der Waals surface area contributed by atoms with Crippen LogP contribution < -0.4 is 16.0 Å². The number of rotatable bonds is 5. The molecule has 0 aliphatic rings. The average molecular weight is 382 g/mol. The molecule has 0 aromatic heterocycles. The molecule has 25 heavy (non-hydrogen) atoms. The molecule has 2 amide bonds. The van der Waals surface area contributed by atoms with Crippen LogP contribution in [0.2, 0.25) is 5.02 Å². The highest BCUT2D eigenvalue weighted by Gasteiger charge is 2.16. The first-order valence-electron chi connectivity index (χ1n) is 7.23. The largest absolute Gasteiger partial charge is 0.273 e. The van der Waals surface area contributed by atoms with E-state index in [0.29, 0.717) is 6.42 Å². The van der Waals surface area contributed by atoms with Crippen LogP contribution in [0.15, 0.2) is 53.4 Å². The van der Waals surface area contributed by atoms with E-state index >= 15 is 0 Å². The summed E-state index contributed by atoms with van der Waals surface area (Å²) in [5.41, 5.74) is 5.48. The van der Waals surface area contributed by atoms with Crippen LogP contribution in [0.4, 0.5) is 0 Å². The molecule has 0 fully saturated rings. The second-order valence-electron chi connectivity index (χ2n) is 5.18. The number of hydrogen-bond donors (Lipinski definition) is 3. The monoisotopic (exact) mass is 381 g/mol. The zero-order valence-electron chi connectivity index (χ0n) is 13.0. The molecule has 0 radical (unpaired) electrons. The summed E-state index contributed by atoms with van der Waals surface area (Å²) in [6.07, 6.45) is 0.715. The third-order valence-electron chi connectivity index (χ3n) is 3.30. The standard InChI is InChI=1S/C16H16ClN3O4S/c17-13-8-7-12(10-14(13)25(18,23)24)16(22)20-19-15(21)9-6-11-4-2-1-3-5-11/h1-5,7-8,10H,6,9H2,(H,19,21)(H,20,22)(H2,18,23,24). The number of halogens is 1. The van der Waals surface area contributed by atoms with Gasteiger partial charge in [-0.15, -0.1) is 0 Å². The maximum atomic E-state index is 12.0. The Balaban J connectivity index is 1.93. The van der Waals surface area contributed by atoms with Crippen LogP contribution in [0.1, 0.15) is 22.3 Å². The van der Waals surface area contributed by atoms with Crippen LogP contribution in [0.3, 0.4) is 0 Å². The molecule has 9 heteroatoms. The van der Waals surface area contributed by atoms with Crippen molar-refractivity contribution in [1.29, 1.82) is 0 Å². The van der Waals surface area contributed by atoms with Gasteiger partial charge in [0.25, 0.3) is 5.91 Å². The highest BCUT2D eigenvalue weighted by Crippen LogP contribution is 2.21. The number of sulfonamides is 1. The number of hydrogen-bond acceptors (Lipinski definition) is 4. The third-order valence-corrected chi connectivity index (χ3v) is 4.69. The number of carbonyl (C=O) groups is 2. The molecule has 0 bridgehead atoms. The quantitative estimate of drug-likeness (QED) is 0.678. The number of aryl methyl sites for hydroxylation is 1. The Morgan fingerprint density at radius 2 is 1.72 bits per heavy atom. The maximum Gasteiger partial charge on any atom is 0.269 e. The highest BCUT2D eigenvalue weighted by atomic mass is 35.5. The fourth-order valence-corrected chi connectivity index (χ4v) is 3.10. The van der Waals surface area contributed by atoms with Gasteiger partial charge < -0.3 is 0 Å². The van der Waals surface area contributed by atoms with Crippen molar-refractivity contribution in [2.24, 2.45) is 5.14 Å². The molecular weight excluding hydrogens is 366 g/mol. The van der Waals surface area contributed by atoms with Gasteiger partial charge in [-0.3, -0.25) is 20.4 Å². The van der Waals surface area contributed by atoms with Gasteiger partial charge in [0.05, 0.1) is 5.02 Å². The van der Waals surface area contributed by atoms with Gasteiger partial charge in [0, 0.05) is 12.0 Å². The minimum absolute atomic E-state index is 0.00298. The normalized spacial score (nSPS) is 11.0. The van der Waals surface area contributed by atoms with Crippen LogP contribution in [-0.4, -0.2) is 20.2 Å². The van der Waals surface area contributed by atoms with Gasteiger partial charge in [0.2, 0.25) is 15.9 Å². The molecule has 0 saturated carbocycles. The number of primary sulfonamides is 1. The number of hydrazine groups is 1. The van der Waals surface area contributed by atoms with Gasteiger partial charge >= 0.3 is 0 Å². The van der Waals surface area contributed by atoms with E-state index in [9.17, 15) is 18.0 Å².